The molecule has 0 aromatic heterocycles. The van der Waals surface area contributed by atoms with Gasteiger partial charge in [0, 0.05) is 34.3 Å². The largest absolute Gasteiger partial charge is 0.496 e. The van der Waals surface area contributed by atoms with Gasteiger partial charge in [-0.2, -0.15) is 22.0 Å². The Morgan fingerprint density at radius 1 is 0.909 bits per heavy atom. The first-order valence-corrected chi connectivity index (χ1v) is 19.8. The number of hydrogen-bond donors (Lipinski definition) is 1. The van der Waals surface area contributed by atoms with Crippen molar-refractivity contribution in [1.29, 1.82) is 0 Å². The first kappa shape index (κ1) is 40.7. The Morgan fingerprint density at radius 3 is 2.11 bits per heavy atom. The fraction of sp³-hybridized carbons (Fsp3) is 0.474. The van der Waals surface area contributed by atoms with Gasteiger partial charge in [-0.25, -0.2) is 13.2 Å². The van der Waals surface area contributed by atoms with Crippen LogP contribution in [0.3, 0.4) is 0 Å². The molecule has 0 spiro atoms. The maximum atomic E-state index is 17.3. The van der Waals surface area contributed by atoms with E-state index >= 15 is 8.78 Å². The van der Waals surface area contributed by atoms with Gasteiger partial charge in [0.1, 0.15) is 11.5 Å². The smallest absolute Gasteiger partial charge is 0.492 e. The number of nitrogens with zero attached hydrogens (tertiary/aromatic N) is 2. The highest BCUT2D eigenvalue weighted by atomic mass is 35.5. The van der Waals surface area contributed by atoms with Crippen LogP contribution < -0.4 is 15.2 Å². The van der Waals surface area contributed by atoms with E-state index in [1.165, 1.54) is 25.3 Å². The van der Waals surface area contributed by atoms with Crippen LogP contribution in [0.1, 0.15) is 63.4 Å². The molecule has 2 unspecified atom stereocenters. The van der Waals surface area contributed by atoms with Gasteiger partial charge in [0.15, 0.2) is 0 Å². The zero-order chi connectivity index (χ0) is 39.7. The zero-order valence-corrected chi connectivity index (χ0v) is 31.4. The number of rotatable bonds is 12. The standard InChI is InChI=1S/C38H41ClF5N3O7S/c1-52-33-19-25(9-18-32(33)24-7-10-26(39)11-8-24)37(40,41)34(35(48)46-28-12-13-29(46)21-27(45)20-28)47(54-36(49)38(42,43)44)55(50,51)31-16-14-30(15-17-31)53-22-23-5-3-2-4-6-23/h7-11,14-19,23,27-29,34H,2-6,12-13,20-22,45H2,1H3/t27?,28?,29?,34-/m0/s1. The van der Waals surface area contributed by atoms with Crippen molar-refractivity contribution in [3.63, 3.8) is 0 Å². The molecule has 3 aromatic carbocycles. The summed E-state index contributed by atoms with van der Waals surface area (Å²) in [6.45, 7) is 0.340. The molecule has 2 heterocycles. The normalized spacial score (nSPS) is 21.3. The van der Waals surface area contributed by atoms with Gasteiger partial charge in [0.2, 0.25) is 6.04 Å². The molecular formula is C38H41ClF5N3O7S. The molecule has 3 fully saturated rings. The second-order valence-electron chi connectivity index (χ2n) is 14.2. The van der Waals surface area contributed by atoms with Crippen LogP contribution in [-0.2, 0) is 30.4 Å². The maximum Gasteiger partial charge on any atom is 0.492 e. The minimum atomic E-state index is -5.84. The summed E-state index contributed by atoms with van der Waals surface area (Å²) in [5.74, 6) is -8.96. The van der Waals surface area contributed by atoms with Crippen molar-refractivity contribution in [3.8, 4) is 22.6 Å². The molecule has 10 nitrogen and oxygen atoms in total. The lowest BCUT2D eigenvalue weighted by Gasteiger charge is -2.42. The number of carbonyl (C=O) groups excluding carboxylic acids is 2. The monoisotopic (exact) mass is 813 g/mol. The summed E-state index contributed by atoms with van der Waals surface area (Å²) in [7, 11) is -4.45. The molecule has 1 aliphatic carbocycles. The molecule has 3 aromatic rings. The predicted octanol–water partition coefficient (Wildman–Crippen LogP) is 7.63. The lowest BCUT2D eigenvalue weighted by Crippen LogP contribution is -2.62. The summed E-state index contributed by atoms with van der Waals surface area (Å²) in [5.41, 5.74) is 5.95. The summed E-state index contributed by atoms with van der Waals surface area (Å²) in [4.78, 5) is 31.6. The van der Waals surface area contributed by atoms with Crippen LogP contribution in [0.25, 0.3) is 11.1 Å². The van der Waals surface area contributed by atoms with Crippen molar-refractivity contribution in [2.24, 2.45) is 11.7 Å². The van der Waals surface area contributed by atoms with Crippen LogP contribution >= 0.6 is 11.6 Å². The molecule has 1 amide bonds. The Morgan fingerprint density at radius 2 is 1.53 bits per heavy atom. The Bertz CT molecular complexity index is 1950. The molecule has 17 heteroatoms. The molecule has 2 N–H and O–H groups in total. The van der Waals surface area contributed by atoms with Gasteiger partial charge in [-0.15, -0.1) is 0 Å². The number of piperidine rings is 1. The second-order valence-corrected chi connectivity index (χ2v) is 16.5. The summed E-state index contributed by atoms with van der Waals surface area (Å²) < 4.78 is 115. The second kappa shape index (κ2) is 16.2. The summed E-state index contributed by atoms with van der Waals surface area (Å²) in [5, 5.41) is 0.399. The first-order valence-electron chi connectivity index (χ1n) is 18.0. The fourth-order valence-electron chi connectivity index (χ4n) is 7.78. The number of alkyl halides is 5. The maximum absolute atomic E-state index is 17.3. The van der Waals surface area contributed by atoms with Crippen LogP contribution in [0.5, 0.6) is 11.5 Å². The quantitative estimate of drug-likeness (QED) is 0.146. The summed E-state index contributed by atoms with van der Waals surface area (Å²) >= 11 is 6.01. The number of ether oxygens (including phenoxy) is 2. The van der Waals surface area contributed by atoms with Crippen molar-refractivity contribution in [2.75, 3.05) is 13.7 Å². The number of carbonyl (C=O) groups is 2. The molecule has 55 heavy (non-hydrogen) atoms. The van der Waals surface area contributed by atoms with Crippen LogP contribution in [0, 0.1) is 5.92 Å². The number of sulfonamides is 1. The summed E-state index contributed by atoms with van der Waals surface area (Å²) in [6, 6.07) is 8.36. The Hall–Kier alpha value is -3.99. The molecule has 2 aliphatic heterocycles. The van der Waals surface area contributed by atoms with Gasteiger partial charge in [-0.3, -0.25) is 4.79 Å². The highest BCUT2D eigenvalue weighted by Crippen LogP contribution is 2.45. The number of nitrogens with two attached hydrogens (primary N) is 1. The van der Waals surface area contributed by atoms with Crippen LogP contribution in [0.4, 0.5) is 22.0 Å². The van der Waals surface area contributed by atoms with E-state index in [0.29, 0.717) is 35.6 Å². The van der Waals surface area contributed by atoms with Crippen LogP contribution in [-0.4, -0.2) is 73.7 Å². The number of fused-ring (bicyclic) bond motifs is 2. The van der Waals surface area contributed by atoms with Gasteiger partial charge < -0.3 is 24.9 Å². The minimum Gasteiger partial charge on any atom is -0.496 e. The zero-order valence-electron chi connectivity index (χ0n) is 29.8. The van der Waals surface area contributed by atoms with Gasteiger partial charge >= 0.3 is 18.1 Å². The Balaban J connectivity index is 1.44. The van der Waals surface area contributed by atoms with Crippen molar-refractivity contribution in [1.82, 2.24) is 9.37 Å². The first-order chi connectivity index (χ1) is 26.0. The molecule has 2 saturated heterocycles. The topological polar surface area (TPSA) is 128 Å². The predicted molar refractivity (Wildman–Crippen MR) is 192 cm³/mol. The van der Waals surface area contributed by atoms with E-state index in [1.807, 2.05) is 0 Å². The van der Waals surface area contributed by atoms with Crippen molar-refractivity contribution < 1.29 is 54.3 Å². The van der Waals surface area contributed by atoms with Crippen LogP contribution in [0.2, 0.25) is 5.02 Å². The molecule has 6 rings (SSSR count). The van der Waals surface area contributed by atoms with Gasteiger partial charge in [0.25, 0.3) is 15.9 Å². The number of halogens is 6. The van der Waals surface area contributed by atoms with E-state index in [-0.39, 0.29) is 30.3 Å². The van der Waals surface area contributed by atoms with Crippen molar-refractivity contribution in [3.05, 3.63) is 77.3 Å². The number of amides is 1. The van der Waals surface area contributed by atoms with E-state index in [9.17, 15) is 31.2 Å². The number of hydrogen-bond acceptors (Lipinski definition) is 8. The lowest BCUT2D eigenvalue weighted by atomic mass is 9.90. The molecule has 2 bridgehead atoms. The number of benzene rings is 3. The summed E-state index contributed by atoms with van der Waals surface area (Å²) in [6.07, 6.45) is 0.326. The lowest BCUT2D eigenvalue weighted by molar-refractivity contribution is -0.240. The van der Waals surface area contributed by atoms with Crippen molar-refractivity contribution in [2.45, 2.75) is 98.9 Å². The Labute approximate surface area is 320 Å². The third kappa shape index (κ3) is 8.71. The molecule has 3 atom stereocenters. The minimum absolute atomic E-state index is 0.139. The molecule has 3 aliphatic rings. The van der Waals surface area contributed by atoms with Gasteiger partial charge in [-0.05, 0) is 96.9 Å². The van der Waals surface area contributed by atoms with Gasteiger partial charge in [-0.1, -0.05) is 55.1 Å². The SMILES string of the molecule is COc1cc(C(F)(F)[C@H](C(=O)N2C3CCC2CC(N)C3)N(OC(=O)C(F)(F)F)S(=O)(=O)c2ccc(OCC3CCCCC3)cc2)ccc1-c1ccc(Cl)cc1. The average molecular weight is 814 g/mol. The van der Waals surface area contributed by atoms with E-state index in [2.05, 4.69) is 4.84 Å². The highest BCUT2D eigenvalue weighted by Gasteiger charge is 2.60. The third-order valence-electron chi connectivity index (χ3n) is 10.5. The number of hydroxylamine groups is 1. The third-order valence-corrected chi connectivity index (χ3v) is 12.4. The highest BCUT2D eigenvalue weighted by molar-refractivity contribution is 7.89. The van der Waals surface area contributed by atoms with E-state index < -0.39 is 73.1 Å². The Kier molecular flexibility index (Phi) is 12.0. The van der Waals surface area contributed by atoms with Crippen molar-refractivity contribution >= 4 is 33.5 Å². The molecule has 1 saturated carbocycles. The average Bonchev–Trinajstić information content (AvgIpc) is 3.43. The molecular weight excluding hydrogens is 773 g/mol. The van der Waals surface area contributed by atoms with Gasteiger partial charge in [0.05, 0.1) is 18.6 Å². The van der Waals surface area contributed by atoms with E-state index in [4.69, 9.17) is 26.8 Å². The fourth-order valence-corrected chi connectivity index (χ4v) is 9.26. The van der Waals surface area contributed by atoms with Crippen LogP contribution in [0.15, 0.2) is 71.6 Å². The number of methoxy groups -OCH3 is 1. The molecule has 298 valence electrons. The molecule has 0 radical (unpaired) electrons. The van der Waals surface area contributed by atoms with E-state index in [0.717, 1.165) is 61.3 Å². The van der Waals surface area contributed by atoms with E-state index in [1.54, 1.807) is 24.3 Å².